The Labute approximate surface area is 225 Å². The number of nitrogens with zero attached hydrogens (tertiary/aromatic N) is 3. The predicted octanol–water partition coefficient (Wildman–Crippen LogP) is 3.31. The monoisotopic (exact) mass is 566 g/mol. The molecule has 1 spiro atoms. The molecule has 10 nitrogen and oxygen atoms in total. The molecule has 0 radical (unpaired) electrons. The average Bonchev–Trinajstić information content (AvgIpc) is 3.27. The molecule has 2 aromatic rings. The summed E-state index contributed by atoms with van der Waals surface area (Å²) in [5.41, 5.74) is -0.749. The predicted molar refractivity (Wildman–Crippen MR) is 135 cm³/mol. The number of amides is 1. The van der Waals surface area contributed by atoms with Gasteiger partial charge in [-0.3, -0.25) is 14.7 Å². The Bertz CT molecular complexity index is 1410. The van der Waals surface area contributed by atoms with Gasteiger partial charge in [0.05, 0.1) is 47.4 Å². The summed E-state index contributed by atoms with van der Waals surface area (Å²) in [4.78, 5) is 36.0. The van der Waals surface area contributed by atoms with Crippen LogP contribution in [0.3, 0.4) is 0 Å². The fourth-order valence-electron chi connectivity index (χ4n) is 4.89. The van der Waals surface area contributed by atoms with Gasteiger partial charge in [0, 0.05) is 0 Å². The molecule has 3 N–H and O–H groups in total. The molecule has 5 rings (SSSR count). The van der Waals surface area contributed by atoms with Crippen molar-refractivity contribution in [3.05, 3.63) is 68.6 Å². The Hall–Kier alpha value is -3.26. The number of aromatic amines is 1. The molecule has 3 aliphatic heterocycles. The highest BCUT2D eigenvalue weighted by Gasteiger charge is 2.44. The van der Waals surface area contributed by atoms with Crippen molar-refractivity contribution in [1.82, 2.24) is 25.1 Å². The first-order valence-electron chi connectivity index (χ1n) is 12.4. The van der Waals surface area contributed by atoms with E-state index in [1.807, 2.05) is 6.08 Å². The largest absolute Gasteiger partial charge is 0.416 e. The summed E-state index contributed by atoms with van der Waals surface area (Å²) < 4.78 is 51.7. The molecule has 0 atom stereocenters. The number of alkyl halides is 3. The van der Waals surface area contributed by atoms with Gasteiger partial charge in [-0.1, -0.05) is 17.7 Å². The van der Waals surface area contributed by atoms with Crippen LogP contribution < -0.4 is 16.2 Å². The second kappa shape index (κ2) is 11.1. The summed E-state index contributed by atoms with van der Waals surface area (Å²) in [6.07, 6.45) is 0.220. The van der Waals surface area contributed by atoms with Gasteiger partial charge in [-0.2, -0.15) is 13.2 Å². The van der Waals surface area contributed by atoms with E-state index in [0.717, 1.165) is 28.5 Å². The zero-order valence-electron chi connectivity index (χ0n) is 20.7. The zero-order valence-corrected chi connectivity index (χ0v) is 21.5. The normalized spacial score (nSPS) is 18.3. The van der Waals surface area contributed by atoms with Gasteiger partial charge in [0.25, 0.3) is 5.56 Å². The van der Waals surface area contributed by atoms with Crippen molar-refractivity contribution in [3.63, 3.8) is 0 Å². The molecule has 1 fully saturated rings. The molecular weight excluding hydrogens is 541 g/mol. The number of carbonyl (C=O) groups is 1. The van der Waals surface area contributed by atoms with Crippen LogP contribution in [0.25, 0.3) is 5.57 Å². The van der Waals surface area contributed by atoms with Crippen LogP contribution in [0.15, 0.2) is 35.4 Å². The lowest BCUT2D eigenvalue weighted by atomic mass is 9.86. The lowest BCUT2D eigenvalue weighted by Gasteiger charge is -2.33. The number of H-pyrrole nitrogens is 1. The van der Waals surface area contributed by atoms with Crippen molar-refractivity contribution < 1.29 is 27.4 Å². The molecule has 1 aromatic carbocycles. The van der Waals surface area contributed by atoms with Crippen LogP contribution in [0.2, 0.25) is 5.02 Å². The highest BCUT2D eigenvalue weighted by atomic mass is 35.5. The Morgan fingerprint density at radius 2 is 2.03 bits per heavy atom. The second-order valence-electron chi connectivity index (χ2n) is 9.37. The number of nitrogens with one attached hydrogen (secondary N) is 3. The van der Waals surface area contributed by atoms with Gasteiger partial charge in [0.2, 0.25) is 5.91 Å². The molecule has 0 unspecified atom stereocenters. The molecule has 0 bridgehead atoms. The van der Waals surface area contributed by atoms with Crippen molar-refractivity contribution in [2.45, 2.75) is 44.2 Å². The molecule has 208 valence electrons. The van der Waals surface area contributed by atoms with Gasteiger partial charge in [-0.15, -0.1) is 0 Å². The molecule has 1 aromatic heterocycles. The molecular formula is C25H26ClF3N6O4. The van der Waals surface area contributed by atoms with E-state index < -0.39 is 35.4 Å². The summed E-state index contributed by atoms with van der Waals surface area (Å²) >= 11 is 6.02. The molecule has 4 heterocycles. The standard InChI is InChI=1S/C25H26ClF3N6O4/c26-17-11-16(25(27,28)29)1-2-18(17)33-20(36)12-35-23(37)21-19(13-39-24(21)5-7-30-8-6-24)31-14-32-22(34-35)15-3-9-38-10-4-15/h1-3,11,14,30H,4-10,12-13H2,(H,33,36)(H,31,32,34). The molecule has 1 amide bonds. The number of piperidine rings is 1. The number of carbonyl (C=O) groups excluding carboxylic acids is 1. The van der Waals surface area contributed by atoms with Crippen LogP contribution >= 0.6 is 11.6 Å². The lowest BCUT2D eigenvalue weighted by molar-refractivity contribution is -0.137. The van der Waals surface area contributed by atoms with E-state index in [0.29, 0.717) is 62.6 Å². The van der Waals surface area contributed by atoms with Gasteiger partial charge < -0.3 is 20.1 Å². The number of hydrogen-bond acceptors (Lipinski definition) is 7. The van der Waals surface area contributed by atoms with E-state index in [9.17, 15) is 22.8 Å². The minimum absolute atomic E-state index is 0.0188. The van der Waals surface area contributed by atoms with Crippen LogP contribution in [-0.4, -0.2) is 52.0 Å². The third-order valence-corrected chi connectivity index (χ3v) is 7.19. The Kier molecular flexibility index (Phi) is 7.76. The quantitative estimate of drug-likeness (QED) is 0.519. The summed E-state index contributed by atoms with van der Waals surface area (Å²) in [5.74, 6) is -0.351. The summed E-state index contributed by atoms with van der Waals surface area (Å²) in [6.45, 7) is 1.74. The van der Waals surface area contributed by atoms with E-state index in [-0.39, 0.29) is 17.3 Å². The Morgan fingerprint density at radius 1 is 1.23 bits per heavy atom. The van der Waals surface area contributed by atoms with Gasteiger partial charge >= 0.3 is 6.18 Å². The first kappa shape index (κ1) is 27.3. The Morgan fingerprint density at radius 3 is 2.72 bits per heavy atom. The number of ether oxygens (including phenoxy) is 2. The van der Waals surface area contributed by atoms with E-state index in [1.54, 1.807) is 0 Å². The van der Waals surface area contributed by atoms with Gasteiger partial charge in [0.1, 0.15) is 24.3 Å². The Balaban J connectivity index is 1.56. The number of hydrogen-bond donors (Lipinski definition) is 3. The summed E-state index contributed by atoms with van der Waals surface area (Å²) in [7, 11) is 0. The first-order valence-corrected chi connectivity index (χ1v) is 12.7. The third kappa shape index (κ3) is 5.86. The van der Waals surface area contributed by atoms with Crippen molar-refractivity contribution in [2.24, 2.45) is 0 Å². The molecule has 3 aliphatic rings. The maximum atomic E-state index is 14.0. The summed E-state index contributed by atoms with van der Waals surface area (Å²) in [6, 6.07) is 2.62. The molecule has 39 heavy (non-hydrogen) atoms. The fourth-order valence-corrected chi connectivity index (χ4v) is 5.12. The van der Waals surface area contributed by atoms with Gasteiger partial charge in [0.15, 0.2) is 0 Å². The third-order valence-electron chi connectivity index (χ3n) is 6.88. The fraction of sp³-hybridized carbons (Fsp3) is 0.440. The smallest absolute Gasteiger partial charge is 0.377 e. The minimum atomic E-state index is -4.58. The number of fused-ring (bicyclic) bond motifs is 2. The highest BCUT2D eigenvalue weighted by Crippen LogP contribution is 2.40. The van der Waals surface area contributed by atoms with E-state index >= 15 is 0 Å². The van der Waals surface area contributed by atoms with E-state index in [1.165, 1.54) is 6.33 Å². The van der Waals surface area contributed by atoms with E-state index in [2.05, 4.69) is 25.7 Å². The van der Waals surface area contributed by atoms with E-state index in [4.69, 9.17) is 21.1 Å². The van der Waals surface area contributed by atoms with Crippen LogP contribution in [0.1, 0.15) is 41.9 Å². The molecule has 14 heteroatoms. The molecule has 1 saturated heterocycles. The lowest BCUT2D eigenvalue weighted by Crippen LogP contribution is -2.43. The number of benzene rings is 1. The number of halogens is 4. The maximum Gasteiger partial charge on any atom is 0.416 e. The van der Waals surface area contributed by atoms with Crippen molar-refractivity contribution in [2.75, 3.05) is 31.6 Å². The summed E-state index contributed by atoms with van der Waals surface area (Å²) in [5, 5.41) is 8.45. The number of aromatic nitrogens is 4. The van der Waals surface area contributed by atoms with Crippen LogP contribution in [-0.2, 0) is 39.2 Å². The molecule has 0 aliphatic carbocycles. The second-order valence-corrected chi connectivity index (χ2v) is 9.78. The van der Waals surface area contributed by atoms with Crippen LogP contribution in [0.5, 0.6) is 0 Å². The highest BCUT2D eigenvalue weighted by molar-refractivity contribution is 6.33. The van der Waals surface area contributed by atoms with Crippen molar-refractivity contribution in [3.8, 4) is 0 Å². The first-order chi connectivity index (χ1) is 18.7. The zero-order chi connectivity index (χ0) is 27.6. The minimum Gasteiger partial charge on any atom is -0.377 e. The number of anilines is 1. The van der Waals surface area contributed by atoms with Gasteiger partial charge in [-0.25, -0.2) is 14.6 Å². The van der Waals surface area contributed by atoms with Crippen molar-refractivity contribution in [1.29, 1.82) is 0 Å². The SMILES string of the molecule is O=C(Cn1[nH]c(C2=CCOCC2)ncnc2c(c1=O)C1(CCNCC1)OC2)Nc1ccc(C(F)(F)F)cc1Cl. The van der Waals surface area contributed by atoms with Crippen LogP contribution in [0.4, 0.5) is 18.9 Å². The van der Waals surface area contributed by atoms with Crippen molar-refractivity contribution >= 4 is 28.8 Å². The average molecular weight is 567 g/mol. The maximum absolute atomic E-state index is 14.0. The van der Waals surface area contributed by atoms with Gasteiger partial charge in [-0.05, 0) is 56.1 Å². The van der Waals surface area contributed by atoms with Crippen LogP contribution in [0, 0.1) is 0 Å². The molecule has 0 saturated carbocycles. The topological polar surface area (TPSA) is 123 Å². The number of rotatable bonds is 4.